The summed E-state index contributed by atoms with van der Waals surface area (Å²) in [5, 5.41) is 0. The summed E-state index contributed by atoms with van der Waals surface area (Å²) in [5.41, 5.74) is 8.06. The van der Waals surface area contributed by atoms with Crippen molar-refractivity contribution < 1.29 is 9.53 Å². The van der Waals surface area contributed by atoms with Crippen LogP contribution in [0.15, 0.2) is 42.7 Å². The molecule has 0 bridgehead atoms. The predicted octanol–water partition coefficient (Wildman–Crippen LogP) is 1.30. The monoisotopic (exact) mass is 278 g/mol. The number of likely N-dealkylation sites (tertiary alicyclic amines) is 1. The van der Waals surface area contributed by atoms with E-state index in [4.69, 9.17) is 16.3 Å². The number of hydrogen-bond donors (Lipinski definition) is 3. The van der Waals surface area contributed by atoms with E-state index >= 15 is 0 Å². The lowest BCUT2D eigenvalue weighted by molar-refractivity contribution is 0.104. The van der Waals surface area contributed by atoms with E-state index in [2.05, 4.69) is 5.43 Å². The molecule has 1 aliphatic heterocycles. The molecule has 0 aliphatic carbocycles. The SMILES string of the molecule is N/C=C\NN.O=C(OCc1ccccc1)N1CCCC1. The number of carbonyl (C=O) groups is 1. The number of nitrogens with two attached hydrogens (primary N) is 2. The van der Waals surface area contributed by atoms with Gasteiger partial charge in [-0.1, -0.05) is 30.3 Å². The molecule has 0 radical (unpaired) electrons. The van der Waals surface area contributed by atoms with Gasteiger partial charge in [0, 0.05) is 25.5 Å². The lowest BCUT2D eigenvalue weighted by Gasteiger charge is -2.14. The van der Waals surface area contributed by atoms with Crippen LogP contribution in [-0.4, -0.2) is 24.1 Å². The summed E-state index contributed by atoms with van der Waals surface area (Å²) in [7, 11) is 0. The van der Waals surface area contributed by atoms with E-state index in [1.165, 1.54) is 12.4 Å². The van der Waals surface area contributed by atoms with Crippen molar-refractivity contribution in [1.82, 2.24) is 10.3 Å². The summed E-state index contributed by atoms with van der Waals surface area (Å²) < 4.78 is 5.20. The van der Waals surface area contributed by atoms with Crippen LogP contribution in [0, 0.1) is 0 Å². The highest BCUT2D eigenvalue weighted by Gasteiger charge is 2.18. The smallest absolute Gasteiger partial charge is 0.410 e. The minimum absolute atomic E-state index is 0.184. The zero-order chi connectivity index (χ0) is 14.6. The predicted molar refractivity (Wildman–Crippen MR) is 78.1 cm³/mol. The average Bonchev–Trinajstić information content (AvgIpc) is 3.02. The molecule has 0 atom stereocenters. The highest BCUT2D eigenvalue weighted by Crippen LogP contribution is 2.10. The van der Waals surface area contributed by atoms with E-state index in [9.17, 15) is 4.79 Å². The first-order chi connectivity index (χ1) is 9.77. The third-order valence-electron chi connectivity index (χ3n) is 2.76. The molecule has 6 heteroatoms. The van der Waals surface area contributed by atoms with Gasteiger partial charge >= 0.3 is 6.09 Å². The van der Waals surface area contributed by atoms with Gasteiger partial charge in [-0.25, -0.2) is 4.79 Å². The second kappa shape index (κ2) is 9.69. The highest BCUT2D eigenvalue weighted by molar-refractivity contribution is 5.67. The Labute approximate surface area is 119 Å². The van der Waals surface area contributed by atoms with Crippen LogP contribution in [0.25, 0.3) is 0 Å². The van der Waals surface area contributed by atoms with Crippen molar-refractivity contribution in [2.24, 2.45) is 11.6 Å². The molecule has 1 saturated heterocycles. The van der Waals surface area contributed by atoms with Gasteiger partial charge < -0.3 is 20.8 Å². The van der Waals surface area contributed by atoms with Crippen molar-refractivity contribution in [2.45, 2.75) is 19.4 Å². The van der Waals surface area contributed by atoms with Gasteiger partial charge in [0.05, 0.1) is 0 Å². The van der Waals surface area contributed by atoms with E-state index in [1.54, 1.807) is 4.90 Å². The summed E-state index contributed by atoms with van der Waals surface area (Å²) in [5.74, 6) is 4.72. The van der Waals surface area contributed by atoms with Gasteiger partial charge in [-0.2, -0.15) is 0 Å². The largest absolute Gasteiger partial charge is 0.445 e. The number of rotatable bonds is 3. The molecule has 5 N–H and O–H groups in total. The first kappa shape index (κ1) is 15.8. The Morgan fingerprint density at radius 2 is 1.95 bits per heavy atom. The van der Waals surface area contributed by atoms with Gasteiger partial charge in [0.1, 0.15) is 6.61 Å². The molecule has 1 aliphatic rings. The minimum Gasteiger partial charge on any atom is -0.445 e. The highest BCUT2D eigenvalue weighted by atomic mass is 16.6. The van der Waals surface area contributed by atoms with Crippen LogP contribution < -0.4 is 17.0 Å². The van der Waals surface area contributed by atoms with E-state index in [-0.39, 0.29) is 6.09 Å². The maximum absolute atomic E-state index is 11.5. The van der Waals surface area contributed by atoms with E-state index in [1.807, 2.05) is 30.3 Å². The number of nitrogens with zero attached hydrogens (tertiary/aromatic N) is 1. The topological polar surface area (TPSA) is 93.6 Å². The van der Waals surface area contributed by atoms with Gasteiger partial charge in [0.15, 0.2) is 0 Å². The normalized spacial score (nSPS) is 13.8. The first-order valence-electron chi connectivity index (χ1n) is 6.56. The Morgan fingerprint density at radius 1 is 1.30 bits per heavy atom. The number of benzene rings is 1. The minimum atomic E-state index is -0.184. The van der Waals surface area contributed by atoms with Crippen LogP contribution in [0.4, 0.5) is 4.79 Å². The quantitative estimate of drug-likeness (QED) is 0.572. The third kappa shape index (κ3) is 6.10. The maximum Gasteiger partial charge on any atom is 0.410 e. The molecule has 0 spiro atoms. The van der Waals surface area contributed by atoms with Crippen molar-refractivity contribution in [1.29, 1.82) is 0 Å². The maximum atomic E-state index is 11.5. The Kier molecular flexibility index (Phi) is 7.67. The fourth-order valence-corrected chi connectivity index (χ4v) is 1.77. The van der Waals surface area contributed by atoms with Crippen LogP contribution in [0.5, 0.6) is 0 Å². The average molecular weight is 278 g/mol. The van der Waals surface area contributed by atoms with Crippen molar-refractivity contribution >= 4 is 6.09 Å². The molecule has 0 saturated carbocycles. The lowest BCUT2D eigenvalue weighted by Crippen LogP contribution is -2.28. The number of ether oxygens (including phenoxy) is 1. The summed E-state index contributed by atoms with van der Waals surface area (Å²) >= 11 is 0. The van der Waals surface area contributed by atoms with Gasteiger partial charge in [-0.3, -0.25) is 5.84 Å². The Balaban J connectivity index is 0.000000347. The molecule has 0 aromatic heterocycles. The molecule has 20 heavy (non-hydrogen) atoms. The summed E-state index contributed by atoms with van der Waals surface area (Å²) in [6.07, 6.45) is 4.76. The fraction of sp³-hybridized carbons (Fsp3) is 0.357. The molecule has 1 aromatic carbocycles. The molecule has 1 aromatic rings. The molecule has 0 unspecified atom stereocenters. The molecule has 1 fully saturated rings. The third-order valence-corrected chi connectivity index (χ3v) is 2.76. The van der Waals surface area contributed by atoms with Crippen LogP contribution in [0.1, 0.15) is 18.4 Å². The lowest BCUT2D eigenvalue weighted by atomic mass is 10.2. The zero-order valence-corrected chi connectivity index (χ0v) is 11.5. The van der Waals surface area contributed by atoms with Crippen molar-refractivity contribution in [3.05, 3.63) is 48.3 Å². The molecule has 6 nitrogen and oxygen atoms in total. The van der Waals surface area contributed by atoms with Crippen LogP contribution in [0.2, 0.25) is 0 Å². The Morgan fingerprint density at radius 3 is 2.45 bits per heavy atom. The fourth-order valence-electron chi connectivity index (χ4n) is 1.77. The van der Waals surface area contributed by atoms with Crippen LogP contribution in [0.3, 0.4) is 0 Å². The number of carbonyl (C=O) groups excluding carboxylic acids is 1. The second-order valence-electron chi connectivity index (χ2n) is 4.26. The van der Waals surface area contributed by atoms with Gasteiger partial charge in [-0.15, -0.1) is 0 Å². The van der Waals surface area contributed by atoms with Gasteiger partial charge in [0.25, 0.3) is 0 Å². The Hall–Kier alpha value is -2.21. The van der Waals surface area contributed by atoms with E-state index < -0.39 is 0 Å². The van der Waals surface area contributed by atoms with Crippen LogP contribution in [-0.2, 0) is 11.3 Å². The number of hydrogen-bond acceptors (Lipinski definition) is 5. The van der Waals surface area contributed by atoms with Crippen LogP contribution >= 0.6 is 0 Å². The first-order valence-corrected chi connectivity index (χ1v) is 6.56. The molecule has 2 rings (SSSR count). The molecular weight excluding hydrogens is 256 g/mol. The molecular formula is C14H22N4O2. The number of amides is 1. The van der Waals surface area contributed by atoms with Gasteiger partial charge in [0.2, 0.25) is 0 Å². The Bertz CT molecular complexity index is 403. The summed E-state index contributed by atoms with van der Waals surface area (Å²) in [4.78, 5) is 13.3. The summed E-state index contributed by atoms with van der Waals surface area (Å²) in [6.45, 7) is 2.05. The standard InChI is InChI=1S/C12H15NO2.C2H7N3/c14-12(13-8-4-5-9-13)15-10-11-6-2-1-3-7-11;3-1-2-5-4/h1-3,6-7H,4-5,8-10H2;1-2,5H,3-4H2/b;2-1-. The van der Waals surface area contributed by atoms with E-state index in [0.717, 1.165) is 31.5 Å². The summed E-state index contributed by atoms with van der Waals surface area (Å²) in [6, 6.07) is 9.75. The second-order valence-corrected chi connectivity index (χ2v) is 4.26. The van der Waals surface area contributed by atoms with E-state index in [0.29, 0.717) is 6.61 Å². The number of nitrogens with one attached hydrogen (secondary N) is 1. The van der Waals surface area contributed by atoms with Crippen molar-refractivity contribution in [2.75, 3.05) is 13.1 Å². The zero-order valence-electron chi connectivity index (χ0n) is 11.5. The molecule has 1 heterocycles. The number of hydrazine groups is 1. The molecule has 1 amide bonds. The van der Waals surface area contributed by atoms with Crippen molar-refractivity contribution in [3.63, 3.8) is 0 Å². The van der Waals surface area contributed by atoms with Gasteiger partial charge in [-0.05, 0) is 18.4 Å². The van der Waals surface area contributed by atoms with Crippen molar-refractivity contribution in [3.8, 4) is 0 Å². The molecule has 110 valence electrons.